The van der Waals surface area contributed by atoms with E-state index in [1.54, 1.807) is 0 Å². The van der Waals surface area contributed by atoms with Crippen molar-refractivity contribution in [2.45, 2.75) is 50.2 Å². The first-order valence-corrected chi connectivity index (χ1v) is 6.42. The summed E-state index contributed by atoms with van der Waals surface area (Å²) in [5.41, 5.74) is 4.64. The van der Waals surface area contributed by atoms with E-state index in [9.17, 15) is 18.0 Å². The van der Waals surface area contributed by atoms with Crippen LogP contribution in [-0.2, 0) is 9.53 Å². The highest BCUT2D eigenvalue weighted by Crippen LogP contribution is 2.36. The first-order chi connectivity index (χ1) is 8.76. The van der Waals surface area contributed by atoms with Crippen LogP contribution in [0.4, 0.5) is 13.2 Å². The van der Waals surface area contributed by atoms with Crippen LogP contribution in [0.25, 0.3) is 0 Å². The zero-order valence-corrected chi connectivity index (χ0v) is 10.7. The van der Waals surface area contributed by atoms with Crippen LogP contribution in [0.5, 0.6) is 0 Å². The Bertz CT molecular complexity index is 309. The minimum absolute atomic E-state index is 0.0386. The third-order valence-corrected chi connectivity index (χ3v) is 3.63. The molecule has 0 radical (unpaired) electrons. The lowest BCUT2D eigenvalue weighted by atomic mass is 9.86. The fourth-order valence-electron chi connectivity index (χ4n) is 2.49. The molecule has 3 N–H and O–H groups in total. The minimum atomic E-state index is -4.15. The molecule has 0 bridgehead atoms. The number of ether oxygens (including phenoxy) is 1. The van der Waals surface area contributed by atoms with Crippen LogP contribution in [0.2, 0.25) is 0 Å². The van der Waals surface area contributed by atoms with Crippen molar-refractivity contribution >= 4 is 5.97 Å². The number of carboxylic acids is 1. The Labute approximate surface area is 110 Å². The van der Waals surface area contributed by atoms with Crippen molar-refractivity contribution in [2.24, 2.45) is 11.7 Å². The number of carboxylic acid groups (broad SMARTS) is 1. The quantitative estimate of drug-likeness (QED) is 0.703. The molecule has 0 aromatic carbocycles. The number of hydrogen-bond donors (Lipinski definition) is 2. The summed E-state index contributed by atoms with van der Waals surface area (Å²) in [6, 6.07) is 0. The molecule has 0 aliphatic heterocycles. The molecule has 1 aliphatic rings. The Hall–Kier alpha value is -0.820. The number of carbonyl (C=O) groups is 1. The number of nitrogens with two attached hydrogens (primary N) is 1. The molecule has 1 fully saturated rings. The van der Waals surface area contributed by atoms with Crippen molar-refractivity contribution in [3.05, 3.63) is 0 Å². The fraction of sp³-hybridized carbons (Fsp3) is 0.917. The molecule has 2 atom stereocenters. The summed E-state index contributed by atoms with van der Waals surface area (Å²) in [6.45, 7) is 0.297. The highest BCUT2D eigenvalue weighted by Gasteiger charge is 2.45. The van der Waals surface area contributed by atoms with Gasteiger partial charge in [-0.05, 0) is 31.6 Å². The van der Waals surface area contributed by atoms with E-state index in [1.807, 2.05) is 0 Å². The Kier molecular flexibility index (Phi) is 5.61. The number of halogens is 3. The van der Waals surface area contributed by atoms with Crippen LogP contribution in [-0.4, -0.2) is 36.0 Å². The normalized spacial score (nSPS) is 27.7. The first-order valence-electron chi connectivity index (χ1n) is 6.42. The average molecular weight is 283 g/mol. The van der Waals surface area contributed by atoms with E-state index in [2.05, 4.69) is 0 Å². The molecule has 0 saturated heterocycles. The third-order valence-electron chi connectivity index (χ3n) is 3.63. The summed E-state index contributed by atoms with van der Waals surface area (Å²) in [5.74, 6) is -1.17. The third kappa shape index (κ3) is 4.99. The van der Waals surface area contributed by atoms with E-state index >= 15 is 0 Å². The van der Waals surface area contributed by atoms with Crippen LogP contribution < -0.4 is 5.73 Å². The summed E-state index contributed by atoms with van der Waals surface area (Å²) in [7, 11) is 0. The van der Waals surface area contributed by atoms with Gasteiger partial charge < -0.3 is 15.6 Å². The molecule has 0 aromatic rings. The molecular weight excluding hydrogens is 263 g/mol. The van der Waals surface area contributed by atoms with Gasteiger partial charge in [-0.25, -0.2) is 0 Å². The van der Waals surface area contributed by atoms with Crippen molar-refractivity contribution < 1.29 is 27.8 Å². The number of aliphatic carboxylic acids is 1. The summed E-state index contributed by atoms with van der Waals surface area (Å²) in [4.78, 5) is 11.1. The molecule has 1 rings (SSSR count). The summed E-state index contributed by atoms with van der Waals surface area (Å²) >= 11 is 0. The highest BCUT2D eigenvalue weighted by molar-refractivity contribution is 5.79. The molecule has 2 unspecified atom stereocenters. The molecule has 19 heavy (non-hydrogen) atoms. The highest BCUT2D eigenvalue weighted by atomic mass is 19.4. The minimum Gasteiger partial charge on any atom is -0.480 e. The topological polar surface area (TPSA) is 72.6 Å². The van der Waals surface area contributed by atoms with Gasteiger partial charge in [0.1, 0.15) is 5.54 Å². The molecular formula is C12H20F3NO3. The molecule has 0 amide bonds. The zero-order valence-electron chi connectivity index (χ0n) is 10.7. The van der Waals surface area contributed by atoms with Gasteiger partial charge in [0.2, 0.25) is 0 Å². The van der Waals surface area contributed by atoms with Crippen LogP contribution in [0.1, 0.15) is 38.5 Å². The fourth-order valence-corrected chi connectivity index (χ4v) is 2.49. The van der Waals surface area contributed by atoms with Crippen LogP contribution >= 0.6 is 0 Å². The van der Waals surface area contributed by atoms with Gasteiger partial charge in [0.15, 0.2) is 0 Å². The molecule has 0 spiro atoms. The second kappa shape index (κ2) is 6.56. The van der Waals surface area contributed by atoms with Crippen LogP contribution in [0.3, 0.4) is 0 Å². The Morgan fingerprint density at radius 3 is 2.68 bits per heavy atom. The van der Waals surface area contributed by atoms with Crippen molar-refractivity contribution in [2.75, 3.05) is 13.2 Å². The lowest BCUT2D eigenvalue weighted by Gasteiger charge is -2.26. The van der Waals surface area contributed by atoms with Gasteiger partial charge in [-0.15, -0.1) is 0 Å². The van der Waals surface area contributed by atoms with E-state index in [0.29, 0.717) is 12.8 Å². The largest absolute Gasteiger partial charge is 0.480 e. The summed E-state index contributed by atoms with van der Waals surface area (Å²) in [6.07, 6.45) is -2.65. The van der Waals surface area contributed by atoms with Gasteiger partial charge in [0, 0.05) is 19.6 Å². The van der Waals surface area contributed by atoms with Crippen LogP contribution in [0, 0.1) is 5.92 Å². The van der Waals surface area contributed by atoms with Gasteiger partial charge in [0.25, 0.3) is 0 Å². The number of rotatable bonds is 7. The maximum atomic E-state index is 11.9. The SMILES string of the molecule is NC1(C(=O)O)CCCC1CCOCCCC(F)(F)F. The second-order valence-corrected chi connectivity index (χ2v) is 5.05. The Balaban J connectivity index is 2.18. The molecule has 1 aliphatic carbocycles. The second-order valence-electron chi connectivity index (χ2n) is 5.05. The van der Waals surface area contributed by atoms with E-state index in [0.717, 1.165) is 12.8 Å². The lowest BCUT2D eigenvalue weighted by molar-refractivity contribution is -0.145. The summed E-state index contributed by atoms with van der Waals surface area (Å²) < 4.78 is 40.7. The Morgan fingerprint density at radius 1 is 1.42 bits per heavy atom. The van der Waals surface area contributed by atoms with Gasteiger partial charge >= 0.3 is 12.1 Å². The van der Waals surface area contributed by atoms with Gasteiger partial charge in [-0.3, -0.25) is 4.79 Å². The smallest absolute Gasteiger partial charge is 0.389 e. The monoisotopic (exact) mass is 283 g/mol. The van der Waals surface area contributed by atoms with Gasteiger partial charge in [0.05, 0.1) is 0 Å². The van der Waals surface area contributed by atoms with Crippen molar-refractivity contribution in [1.29, 1.82) is 0 Å². The van der Waals surface area contributed by atoms with E-state index < -0.39 is 24.1 Å². The molecule has 4 nitrogen and oxygen atoms in total. The number of alkyl halides is 3. The maximum Gasteiger partial charge on any atom is 0.389 e. The van der Waals surface area contributed by atoms with Gasteiger partial charge in [-0.2, -0.15) is 13.2 Å². The molecule has 7 heteroatoms. The average Bonchev–Trinajstić information content (AvgIpc) is 2.65. The number of hydrogen-bond acceptors (Lipinski definition) is 3. The molecule has 0 heterocycles. The first kappa shape index (κ1) is 16.2. The summed E-state index contributed by atoms with van der Waals surface area (Å²) in [5, 5.41) is 9.08. The van der Waals surface area contributed by atoms with Crippen LogP contribution in [0.15, 0.2) is 0 Å². The predicted molar refractivity (Wildman–Crippen MR) is 62.6 cm³/mol. The maximum absolute atomic E-state index is 11.9. The van der Waals surface area contributed by atoms with Crippen molar-refractivity contribution in [3.63, 3.8) is 0 Å². The molecule has 0 aromatic heterocycles. The van der Waals surface area contributed by atoms with E-state index in [1.165, 1.54) is 0 Å². The van der Waals surface area contributed by atoms with Gasteiger partial charge in [-0.1, -0.05) is 6.42 Å². The standard InChI is InChI=1S/C12H20F3NO3/c13-12(14,15)6-2-7-19-8-4-9-3-1-5-11(9,16)10(17)18/h9H,1-8,16H2,(H,17,18). The molecule has 112 valence electrons. The van der Waals surface area contributed by atoms with E-state index in [4.69, 9.17) is 15.6 Å². The zero-order chi connectivity index (χ0) is 14.5. The van der Waals surface area contributed by atoms with Crippen molar-refractivity contribution in [1.82, 2.24) is 0 Å². The Morgan fingerprint density at radius 2 is 2.11 bits per heavy atom. The predicted octanol–water partition coefficient (Wildman–Crippen LogP) is 2.32. The van der Waals surface area contributed by atoms with Crippen molar-refractivity contribution in [3.8, 4) is 0 Å². The van der Waals surface area contributed by atoms with E-state index in [-0.39, 0.29) is 25.6 Å². The molecule has 1 saturated carbocycles. The lowest BCUT2D eigenvalue weighted by Crippen LogP contribution is -2.51.